The molecule has 1 aliphatic rings. The number of imide groups is 1. The van der Waals surface area contributed by atoms with Crippen LogP contribution in [-0.4, -0.2) is 40.8 Å². The molecule has 0 aliphatic carbocycles. The Kier molecular flexibility index (Phi) is 4.71. The third kappa shape index (κ3) is 3.40. The van der Waals surface area contributed by atoms with Crippen molar-refractivity contribution in [3.8, 4) is 0 Å². The largest absolute Gasteiger partial charge is 0.452 e. The van der Waals surface area contributed by atoms with Gasteiger partial charge in [0.2, 0.25) is 5.91 Å². The summed E-state index contributed by atoms with van der Waals surface area (Å²) in [5, 5.41) is 11.0. The maximum absolute atomic E-state index is 11.9. The number of ether oxygens (including phenoxy) is 1. The molecule has 8 nitrogen and oxygen atoms in total. The number of hydrogen-bond donors (Lipinski definition) is 0. The summed E-state index contributed by atoms with van der Waals surface area (Å²) in [6.07, 6.45) is 0.845. The standard InChI is InChI=1S/C13H11ClN2O6/c14-8-3-4-10(16(20)21)9(6-8)13(19)22-7-12(18)15-5-1-2-11(15)17/h3-4,6H,1-2,5,7H2. The maximum Gasteiger partial charge on any atom is 0.345 e. The van der Waals surface area contributed by atoms with Crippen LogP contribution >= 0.6 is 11.6 Å². The summed E-state index contributed by atoms with van der Waals surface area (Å²) in [6, 6.07) is 3.43. The van der Waals surface area contributed by atoms with Crippen molar-refractivity contribution in [1.29, 1.82) is 0 Å². The van der Waals surface area contributed by atoms with Crippen molar-refractivity contribution in [2.24, 2.45) is 0 Å². The van der Waals surface area contributed by atoms with E-state index in [2.05, 4.69) is 0 Å². The minimum atomic E-state index is -1.05. The van der Waals surface area contributed by atoms with Crippen LogP contribution in [0.15, 0.2) is 18.2 Å². The van der Waals surface area contributed by atoms with E-state index in [1.807, 2.05) is 0 Å². The van der Waals surface area contributed by atoms with Crippen molar-refractivity contribution >= 4 is 35.1 Å². The zero-order valence-electron chi connectivity index (χ0n) is 11.3. The third-order valence-corrected chi connectivity index (χ3v) is 3.31. The molecule has 1 aliphatic heterocycles. The van der Waals surface area contributed by atoms with Crippen molar-refractivity contribution in [3.05, 3.63) is 38.9 Å². The average Bonchev–Trinajstić information content (AvgIpc) is 2.90. The molecule has 9 heteroatoms. The van der Waals surface area contributed by atoms with Gasteiger partial charge >= 0.3 is 5.97 Å². The van der Waals surface area contributed by atoms with Gasteiger partial charge in [-0.3, -0.25) is 24.6 Å². The monoisotopic (exact) mass is 326 g/mol. The van der Waals surface area contributed by atoms with Gasteiger partial charge in [-0.15, -0.1) is 0 Å². The van der Waals surface area contributed by atoms with Gasteiger partial charge < -0.3 is 4.74 Å². The van der Waals surface area contributed by atoms with E-state index < -0.39 is 29.1 Å². The first-order chi connectivity index (χ1) is 10.4. The lowest BCUT2D eigenvalue weighted by atomic mass is 10.2. The quantitative estimate of drug-likeness (QED) is 0.472. The molecule has 1 heterocycles. The molecule has 1 aromatic rings. The first-order valence-electron chi connectivity index (χ1n) is 6.34. The predicted molar refractivity (Wildman–Crippen MR) is 74.3 cm³/mol. The van der Waals surface area contributed by atoms with Crippen LogP contribution in [0.25, 0.3) is 0 Å². The highest BCUT2D eigenvalue weighted by Gasteiger charge is 2.28. The highest BCUT2D eigenvalue weighted by atomic mass is 35.5. The van der Waals surface area contributed by atoms with Gasteiger partial charge in [0.15, 0.2) is 6.61 Å². The Labute approximate surface area is 129 Å². The molecule has 0 radical (unpaired) electrons. The fourth-order valence-corrected chi connectivity index (χ4v) is 2.20. The lowest BCUT2D eigenvalue weighted by molar-refractivity contribution is -0.385. The van der Waals surface area contributed by atoms with E-state index in [1.165, 1.54) is 6.07 Å². The molecule has 2 rings (SSSR count). The Morgan fingerprint density at radius 3 is 2.73 bits per heavy atom. The van der Waals surface area contributed by atoms with Crippen LogP contribution in [-0.2, 0) is 14.3 Å². The van der Waals surface area contributed by atoms with E-state index in [0.717, 1.165) is 17.0 Å². The second-order valence-electron chi connectivity index (χ2n) is 4.54. The number of esters is 1. The SMILES string of the molecule is O=C(OCC(=O)N1CCCC1=O)c1cc(Cl)ccc1[N+](=O)[O-]. The van der Waals surface area contributed by atoms with Gasteiger partial charge in [-0.1, -0.05) is 11.6 Å². The van der Waals surface area contributed by atoms with Crippen LogP contribution in [0.4, 0.5) is 5.69 Å². The van der Waals surface area contributed by atoms with Crippen molar-refractivity contribution in [2.45, 2.75) is 12.8 Å². The summed E-state index contributed by atoms with van der Waals surface area (Å²) in [5.41, 5.74) is -0.822. The molecule has 1 saturated heterocycles. The molecule has 1 aromatic carbocycles. The van der Waals surface area contributed by atoms with E-state index >= 15 is 0 Å². The molecule has 0 atom stereocenters. The third-order valence-electron chi connectivity index (χ3n) is 3.08. The first kappa shape index (κ1) is 15.9. The normalized spacial score (nSPS) is 14.0. The van der Waals surface area contributed by atoms with Gasteiger partial charge in [0.1, 0.15) is 5.56 Å². The minimum Gasteiger partial charge on any atom is -0.452 e. The number of halogens is 1. The first-order valence-corrected chi connectivity index (χ1v) is 6.72. The van der Waals surface area contributed by atoms with E-state index in [1.54, 1.807) is 0 Å². The van der Waals surface area contributed by atoms with E-state index in [9.17, 15) is 24.5 Å². The van der Waals surface area contributed by atoms with Crippen LogP contribution in [0, 0.1) is 10.1 Å². The molecule has 0 aromatic heterocycles. The molecule has 116 valence electrons. The van der Waals surface area contributed by atoms with Crippen molar-refractivity contribution in [1.82, 2.24) is 4.90 Å². The maximum atomic E-state index is 11.9. The van der Waals surface area contributed by atoms with Gasteiger partial charge in [0.05, 0.1) is 4.92 Å². The summed E-state index contributed by atoms with van der Waals surface area (Å²) < 4.78 is 4.75. The zero-order valence-corrected chi connectivity index (χ0v) is 12.0. The Morgan fingerprint density at radius 1 is 1.41 bits per heavy atom. The molecule has 22 heavy (non-hydrogen) atoms. The molecule has 0 saturated carbocycles. The highest BCUT2D eigenvalue weighted by molar-refractivity contribution is 6.31. The van der Waals surface area contributed by atoms with Crippen LogP contribution in [0.3, 0.4) is 0 Å². The highest BCUT2D eigenvalue weighted by Crippen LogP contribution is 2.23. The Bertz CT molecular complexity index is 660. The number of hydrogen-bond acceptors (Lipinski definition) is 6. The number of carbonyl (C=O) groups is 3. The van der Waals surface area contributed by atoms with Gasteiger partial charge in [0.25, 0.3) is 11.6 Å². The smallest absolute Gasteiger partial charge is 0.345 e. The van der Waals surface area contributed by atoms with Crippen molar-refractivity contribution in [2.75, 3.05) is 13.2 Å². The number of amides is 2. The summed E-state index contributed by atoms with van der Waals surface area (Å²) >= 11 is 5.70. The molecular weight excluding hydrogens is 316 g/mol. The number of nitrogens with zero attached hydrogens (tertiary/aromatic N) is 2. The number of nitro groups is 1. The molecular formula is C13H11ClN2O6. The topological polar surface area (TPSA) is 107 Å². The number of rotatable bonds is 4. The number of benzene rings is 1. The number of carbonyl (C=O) groups excluding carboxylic acids is 3. The second kappa shape index (κ2) is 6.52. The van der Waals surface area contributed by atoms with Crippen molar-refractivity contribution in [3.63, 3.8) is 0 Å². The Balaban J connectivity index is 2.06. The van der Waals surface area contributed by atoms with E-state index in [-0.39, 0.29) is 29.5 Å². The molecule has 0 unspecified atom stereocenters. The molecule has 2 amide bonds. The summed E-state index contributed by atoms with van der Waals surface area (Å²) in [6.45, 7) is -0.374. The van der Waals surface area contributed by atoms with Crippen LogP contribution in [0.1, 0.15) is 23.2 Å². The van der Waals surface area contributed by atoms with Crippen molar-refractivity contribution < 1.29 is 24.0 Å². The summed E-state index contributed by atoms with van der Waals surface area (Å²) in [5.74, 6) is -2.02. The molecule has 0 N–H and O–H groups in total. The van der Waals surface area contributed by atoms with Gasteiger partial charge in [-0.2, -0.15) is 0 Å². The van der Waals surface area contributed by atoms with Gasteiger partial charge in [-0.25, -0.2) is 4.79 Å². The minimum absolute atomic E-state index is 0.124. The van der Waals surface area contributed by atoms with Gasteiger partial charge in [-0.05, 0) is 18.6 Å². The van der Waals surface area contributed by atoms with Gasteiger partial charge in [0, 0.05) is 24.1 Å². The predicted octanol–water partition coefficient (Wildman–Crippen LogP) is 1.55. The number of likely N-dealkylation sites (tertiary alicyclic amines) is 1. The fraction of sp³-hybridized carbons (Fsp3) is 0.308. The van der Waals surface area contributed by atoms with Crippen LogP contribution in [0.5, 0.6) is 0 Å². The Hall–Kier alpha value is -2.48. The van der Waals surface area contributed by atoms with E-state index in [4.69, 9.17) is 16.3 Å². The average molecular weight is 327 g/mol. The molecule has 0 bridgehead atoms. The second-order valence-corrected chi connectivity index (χ2v) is 4.97. The van der Waals surface area contributed by atoms with Crippen LogP contribution in [0.2, 0.25) is 5.02 Å². The molecule has 1 fully saturated rings. The van der Waals surface area contributed by atoms with E-state index in [0.29, 0.717) is 6.42 Å². The molecule has 0 spiro atoms. The number of nitro benzene ring substituents is 1. The van der Waals surface area contributed by atoms with Crippen LogP contribution < -0.4 is 0 Å². The lowest BCUT2D eigenvalue weighted by Gasteiger charge is -2.13. The lowest BCUT2D eigenvalue weighted by Crippen LogP contribution is -2.35. The summed E-state index contributed by atoms with van der Waals surface area (Å²) in [4.78, 5) is 46.1. The fourth-order valence-electron chi connectivity index (χ4n) is 2.03. The summed E-state index contributed by atoms with van der Waals surface area (Å²) in [7, 11) is 0. The Morgan fingerprint density at radius 2 is 2.14 bits per heavy atom. The zero-order chi connectivity index (χ0) is 16.3.